The summed E-state index contributed by atoms with van der Waals surface area (Å²) in [4.78, 5) is 11.8. The number of hydrogen-bond donors (Lipinski definition) is 2. The number of nitrogens with one attached hydrogen (secondary N) is 1. The number of amides is 1. The lowest BCUT2D eigenvalue weighted by Crippen LogP contribution is -2.38. The van der Waals surface area contributed by atoms with E-state index in [1.807, 2.05) is 0 Å². The number of ether oxygens (including phenoxy) is 1. The minimum atomic E-state index is -2.94. The molecule has 0 saturated heterocycles. The Bertz CT molecular complexity index is 473. The molecule has 1 amide bonds. The highest BCUT2D eigenvalue weighted by atomic mass is 35.5. The summed E-state index contributed by atoms with van der Waals surface area (Å²) in [7, 11) is 0. The first-order valence-electron chi connectivity index (χ1n) is 6.07. The summed E-state index contributed by atoms with van der Waals surface area (Å²) in [6.45, 7) is 0.510. The lowest BCUT2D eigenvalue weighted by molar-refractivity contribution is -0.125. The summed E-state index contributed by atoms with van der Waals surface area (Å²) in [5, 5.41) is 2.99. The van der Waals surface area contributed by atoms with Crippen LogP contribution < -0.4 is 15.8 Å². The molecule has 0 radical (unpaired) electrons. The largest absolute Gasteiger partial charge is 0.434 e. The normalized spacial score (nSPS) is 13.3. The minimum Gasteiger partial charge on any atom is -0.434 e. The van der Waals surface area contributed by atoms with Crippen LogP contribution in [-0.4, -0.2) is 18.6 Å². The highest BCUT2D eigenvalue weighted by molar-refractivity contribution is 6.30. The van der Waals surface area contributed by atoms with Crippen molar-refractivity contribution in [2.45, 2.75) is 33.0 Å². The Kier molecular flexibility index (Phi) is 8.54. The van der Waals surface area contributed by atoms with Gasteiger partial charge in [-0.3, -0.25) is 4.79 Å². The van der Waals surface area contributed by atoms with E-state index in [0.29, 0.717) is 10.6 Å². The predicted octanol–water partition coefficient (Wildman–Crippen LogP) is 2.96. The van der Waals surface area contributed by atoms with Crippen LogP contribution in [0.3, 0.4) is 0 Å². The van der Waals surface area contributed by atoms with Gasteiger partial charge in [-0.05, 0) is 25.1 Å². The van der Waals surface area contributed by atoms with Gasteiger partial charge < -0.3 is 15.8 Å². The summed E-state index contributed by atoms with van der Waals surface area (Å²) in [5.74, 6) is -0.658. The molecule has 0 saturated carbocycles. The van der Waals surface area contributed by atoms with Crippen molar-refractivity contribution in [1.82, 2.24) is 5.32 Å². The maximum Gasteiger partial charge on any atom is 0.387 e. The molecule has 0 bridgehead atoms. The first kappa shape index (κ1) is 19.9. The average molecular weight is 343 g/mol. The minimum absolute atomic E-state index is 0. The molecule has 0 aliphatic rings. The van der Waals surface area contributed by atoms with Crippen LogP contribution in [0.5, 0.6) is 5.75 Å². The molecule has 3 N–H and O–H groups in total. The van der Waals surface area contributed by atoms with Crippen LogP contribution in [0, 0.1) is 5.92 Å². The number of carbonyl (C=O) groups excluding carboxylic acids is 1. The van der Waals surface area contributed by atoms with Gasteiger partial charge in [-0.2, -0.15) is 8.78 Å². The fraction of sp³-hybridized carbons (Fsp3) is 0.462. The van der Waals surface area contributed by atoms with Crippen molar-refractivity contribution < 1.29 is 18.3 Å². The summed E-state index contributed by atoms with van der Waals surface area (Å²) in [5.41, 5.74) is 6.00. The second-order valence-electron chi connectivity index (χ2n) is 4.50. The van der Waals surface area contributed by atoms with Crippen LogP contribution in [0.15, 0.2) is 18.2 Å². The van der Waals surface area contributed by atoms with Gasteiger partial charge in [0, 0.05) is 29.1 Å². The molecule has 8 heteroatoms. The molecule has 0 aromatic heterocycles. The number of carbonyl (C=O) groups is 1. The first-order valence-corrected chi connectivity index (χ1v) is 6.45. The zero-order valence-electron chi connectivity index (χ0n) is 11.6. The van der Waals surface area contributed by atoms with Gasteiger partial charge in [0.15, 0.2) is 0 Å². The van der Waals surface area contributed by atoms with E-state index in [9.17, 15) is 13.6 Å². The topological polar surface area (TPSA) is 64.4 Å². The lowest BCUT2D eigenvalue weighted by Gasteiger charge is -2.16. The Balaban J connectivity index is 0.00000400. The third-order valence-electron chi connectivity index (χ3n) is 2.89. The van der Waals surface area contributed by atoms with Crippen molar-refractivity contribution in [1.29, 1.82) is 0 Å². The molecule has 21 heavy (non-hydrogen) atoms. The van der Waals surface area contributed by atoms with Crippen molar-refractivity contribution in [3.05, 3.63) is 28.8 Å². The number of rotatable bonds is 6. The van der Waals surface area contributed by atoms with Crippen LogP contribution in [0.2, 0.25) is 5.02 Å². The van der Waals surface area contributed by atoms with E-state index in [0.717, 1.165) is 0 Å². The van der Waals surface area contributed by atoms with Crippen LogP contribution in [0.1, 0.15) is 19.4 Å². The number of hydrogen-bond acceptors (Lipinski definition) is 3. The van der Waals surface area contributed by atoms with Crippen molar-refractivity contribution in [3.8, 4) is 5.75 Å². The zero-order valence-corrected chi connectivity index (χ0v) is 13.2. The van der Waals surface area contributed by atoms with Gasteiger partial charge in [0.1, 0.15) is 5.75 Å². The lowest BCUT2D eigenvalue weighted by atomic mass is 10.0. The third-order valence-corrected chi connectivity index (χ3v) is 3.13. The predicted molar refractivity (Wildman–Crippen MR) is 80.0 cm³/mol. The van der Waals surface area contributed by atoms with Gasteiger partial charge in [0.2, 0.25) is 5.91 Å². The Morgan fingerprint density at radius 1 is 1.43 bits per heavy atom. The Hall–Kier alpha value is -1.11. The zero-order chi connectivity index (χ0) is 15.3. The first-order chi connectivity index (χ1) is 9.31. The van der Waals surface area contributed by atoms with Crippen LogP contribution in [0.25, 0.3) is 0 Å². The average Bonchev–Trinajstić information content (AvgIpc) is 2.37. The fourth-order valence-corrected chi connectivity index (χ4v) is 1.67. The van der Waals surface area contributed by atoms with Gasteiger partial charge in [0.05, 0.1) is 0 Å². The van der Waals surface area contributed by atoms with Crippen molar-refractivity contribution >= 4 is 29.9 Å². The summed E-state index contributed by atoms with van der Waals surface area (Å²) >= 11 is 5.81. The quantitative estimate of drug-likeness (QED) is 0.835. The van der Waals surface area contributed by atoms with Crippen molar-refractivity contribution in [2.24, 2.45) is 11.7 Å². The molecule has 0 aliphatic heterocycles. The van der Waals surface area contributed by atoms with Crippen LogP contribution in [0.4, 0.5) is 8.78 Å². The number of nitrogens with two attached hydrogens (primary N) is 1. The molecular formula is C13H18Cl2F2N2O2. The monoisotopic (exact) mass is 342 g/mol. The SMILES string of the molecule is CC(N)C(C)C(=O)NCc1cc(Cl)ccc1OC(F)F.Cl. The van der Waals surface area contributed by atoms with E-state index in [-0.39, 0.29) is 42.6 Å². The molecule has 120 valence electrons. The Morgan fingerprint density at radius 2 is 2.05 bits per heavy atom. The Morgan fingerprint density at radius 3 is 2.57 bits per heavy atom. The van der Waals surface area contributed by atoms with E-state index >= 15 is 0 Å². The maximum atomic E-state index is 12.3. The Labute approximate surface area is 133 Å². The van der Waals surface area contributed by atoms with Gasteiger partial charge in [-0.25, -0.2) is 0 Å². The van der Waals surface area contributed by atoms with Gasteiger partial charge in [-0.15, -0.1) is 12.4 Å². The van der Waals surface area contributed by atoms with E-state index in [1.165, 1.54) is 18.2 Å². The van der Waals surface area contributed by atoms with E-state index in [1.54, 1.807) is 13.8 Å². The molecule has 1 rings (SSSR count). The molecule has 0 heterocycles. The highest BCUT2D eigenvalue weighted by Gasteiger charge is 2.17. The van der Waals surface area contributed by atoms with E-state index < -0.39 is 6.61 Å². The molecule has 4 nitrogen and oxygen atoms in total. The van der Waals surface area contributed by atoms with Crippen molar-refractivity contribution in [2.75, 3.05) is 0 Å². The molecular weight excluding hydrogens is 325 g/mol. The van der Waals surface area contributed by atoms with E-state index in [2.05, 4.69) is 10.1 Å². The van der Waals surface area contributed by atoms with Crippen LogP contribution >= 0.6 is 24.0 Å². The molecule has 1 aromatic rings. The summed E-state index contributed by atoms with van der Waals surface area (Å²) in [6.07, 6.45) is 0. The van der Waals surface area contributed by atoms with Gasteiger partial charge in [0.25, 0.3) is 0 Å². The van der Waals surface area contributed by atoms with E-state index in [4.69, 9.17) is 17.3 Å². The second kappa shape index (κ2) is 9.02. The smallest absolute Gasteiger partial charge is 0.387 e. The van der Waals surface area contributed by atoms with Crippen molar-refractivity contribution in [3.63, 3.8) is 0 Å². The number of alkyl halides is 2. The number of halogens is 4. The summed E-state index contributed by atoms with van der Waals surface area (Å²) in [6, 6.07) is 3.95. The molecule has 0 aliphatic carbocycles. The molecule has 0 spiro atoms. The number of benzene rings is 1. The van der Waals surface area contributed by atoms with Gasteiger partial charge in [-0.1, -0.05) is 18.5 Å². The van der Waals surface area contributed by atoms with Crippen LogP contribution in [-0.2, 0) is 11.3 Å². The maximum absolute atomic E-state index is 12.3. The standard InChI is InChI=1S/C13H17ClF2N2O2.ClH/c1-7(8(2)17)12(19)18-6-9-5-10(14)3-4-11(9)20-13(15)16;/h3-5,7-8,13H,6,17H2,1-2H3,(H,18,19);1H. The van der Waals surface area contributed by atoms with Gasteiger partial charge >= 0.3 is 6.61 Å². The molecule has 2 atom stereocenters. The summed E-state index contributed by atoms with van der Waals surface area (Å²) < 4.78 is 28.9. The molecule has 2 unspecified atom stereocenters. The molecule has 1 aromatic carbocycles. The second-order valence-corrected chi connectivity index (χ2v) is 4.93. The fourth-order valence-electron chi connectivity index (χ4n) is 1.48. The highest BCUT2D eigenvalue weighted by Crippen LogP contribution is 2.24. The molecule has 0 fully saturated rings. The third kappa shape index (κ3) is 6.46.